The largest absolute Gasteiger partial charge is 0.497 e. The molecule has 0 aliphatic heterocycles. The third-order valence-corrected chi connectivity index (χ3v) is 4.39. The van der Waals surface area contributed by atoms with E-state index >= 15 is 0 Å². The van der Waals surface area contributed by atoms with Crippen molar-refractivity contribution in [3.8, 4) is 28.1 Å². The summed E-state index contributed by atoms with van der Waals surface area (Å²) in [5, 5.41) is 9.15. The van der Waals surface area contributed by atoms with Gasteiger partial charge in [-0.1, -0.05) is 26.0 Å². The molecule has 0 spiro atoms. The summed E-state index contributed by atoms with van der Waals surface area (Å²) in [5.74, 6) is 0.395. The van der Waals surface area contributed by atoms with Crippen molar-refractivity contribution in [1.82, 2.24) is 4.98 Å². The van der Waals surface area contributed by atoms with E-state index in [0.29, 0.717) is 5.92 Å². The number of ether oxygens (including phenoxy) is 1. The average Bonchev–Trinajstić information content (AvgIpc) is 2.67. The topological polar surface area (TPSA) is 59.4 Å². The Morgan fingerprint density at radius 1 is 1.04 bits per heavy atom. The molecule has 27 heavy (non-hydrogen) atoms. The Morgan fingerprint density at radius 2 is 1.67 bits per heavy atom. The zero-order valence-corrected chi connectivity index (χ0v) is 15.8. The van der Waals surface area contributed by atoms with Crippen molar-refractivity contribution in [2.45, 2.75) is 20.3 Å². The Kier molecular flexibility index (Phi) is 5.55. The van der Waals surface area contributed by atoms with Gasteiger partial charge in [-0.15, -0.1) is 0 Å². The second-order valence-corrected chi connectivity index (χ2v) is 6.95. The first-order valence-corrected chi connectivity index (χ1v) is 8.95. The van der Waals surface area contributed by atoms with Crippen LogP contribution in [0, 0.1) is 5.92 Å². The van der Waals surface area contributed by atoms with E-state index in [2.05, 4.69) is 19.9 Å². The van der Waals surface area contributed by atoms with Crippen LogP contribution in [0.15, 0.2) is 60.8 Å². The highest BCUT2D eigenvalue weighted by Crippen LogP contribution is 2.32. The summed E-state index contributed by atoms with van der Waals surface area (Å²) in [6.07, 6.45) is 2.87. The smallest absolute Gasteiger partial charge is 0.335 e. The molecule has 0 aliphatic rings. The van der Waals surface area contributed by atoms with E-state index in [1.54, 1.807) is 19.2 Å². The lowest BCUT2D eigenvalue weighted by molar-refractivity contribution is 0.0697. The molecule has 138 valence electrons. The number of benzene rings is 2. The van der Waals surface area contributed by atoms with E-state index in [1.807, 2.05) is 42.6 Å². The summed E-state index contributed by atoms with van der Waals surface area (Å²) in [7, 11) is 1.64. The van der Waals surface area contributed by atoms with Gasteiger partial charge in [-0.2, -0.15) is 0 Å². The molecule has 2 aromatic carbocycles. The molecule has 0 bridgehead atoms. The zero-order valence-electron chi connectivity index (χ0n) is 15.8. The monoisotopic (exact) mass is 361 g/mol. The first-order chi connectivity index (χ1) is 13.0. The summed E-state index contributed by atoms with van der Waals surface area (Å²) in [5.41, 5.74) is 5.24. The molecule has 1 aromatic heterocycles. The van der Waals surface area contributed by atoms with E-state index in [1.165, 1.54) is 5.56 Å². The maximum atomic E-state index is 11.1. The Labute approximate surface area is 159 Å². The molecule has 0 fully saturated rings. The predicted molar refractivity (Wildman–Crippen MR) is 107 cm³/mol. The zero-order chi connectivity index (χ0) is 19.4. The number of rotatable bonds is 6. The highest BCUT2D eigenvalue weighted by Gasteiger charge is 2.12. The summed E-state index contributed by atoms with van der Waals surface area (Å²) >= 11 is 0. The normalized spacial score (nSPS) is 10.8. The van der Waals surface area contributed by atoms with Crippen LogP contribution in [0.25, 0.3) is 22.4 Å². The maximum absolute atomic E-state index is 11.1. The van der Waals surface area contributed by atoms with Gasteiger partial charge in [0.05, 0.1) is 18.4 Å². The van der Waals surface area contributed by atoms with Crippen LogP contribution in [0.2, 0.25) is 0 Å². The number of carboxylic acids is 1. The van der Waals surface area contributed by atoms with Crippen molar-refractivity contribution in [3.63, 3.8) is 0 Å². The van der Waals surface area contributed by atoms with Crippen molar-refractivity contribution < 1.29 is 14.6 Å². The first-order valence-electron chi connectivity index (χ1n) is 8.95. The van der Waals surface area contributed by atoms with Crippen LogP contribution in [0.5, 0.6) is 5.75 Å². The molecule has 1 heterocycles. The molecule has 4 nitrogen and oxygen atoms in total. The Hall–Kier alpha value is -3.14. The second kappa shape index (κ2) is 8.04. The first kappa shape index (κ1) is 18.6. The summed E-state index contributed by atoms with van der Waals surface area (Å²) in [6.45, 7) is 4.36. The van der Waals surface area contributed by atoms with Crippen LogP contribution in [-0.4, -0.2) is 23.2 Å². The van der Waals surface area contributed by atoms with E-state index in [-0.39, 0.29) is 5.56 Å². The molecule has 0 radical (unpaired) electrons. The van der Waals surface area contributed by atoms with Gasteiger partial charge in [0.25, 0.3) is 0 Å². The maximum Gasteiger partial charge on any atom is 0.335 e. The second-order valence-electron chi connectivity index (χ2n) is 6.95. The van der Waals surface area contributed by atoms with Gasteiger partial charge in [0.2, 0.25) is 0 Å². The highest BCUT2D eigenvalue weighted by atomic mass is 16.5. The van der Waals surface area contributed by atoms with Gasteiger partial charge in [-0.3, -0.25) is 4.98 Å². The molecular formula is C23H23NO3. The van der Waals surface area contributed by atoms with E-state index in [9.17, 15) is 4.79 Å². The fourth-order valence-electron chi connectivity index (χ4n) is 3.08. The number of aromatic nitrogens is 1. The average molecular weight is 361 g/mol. The van der Waals surface area contributed by atoms with Crippen LogP contribution in [0.1, 0.15) is 29.8 Å². The fraction of sp³-hybridized carbons (Fsp3) is 0.217. The number of carbonyl (C=O) groups is 1. The van der Waals surface area contributed by atoms with Gasteiger partial charge in [0.1, 0.15) is 5.75 Å². The van der Waals surface area contributed by atoms with Crippen molar-refractivity contribution in [2.75, 3.05) is 7.11 Å². The fourth-order valence-corrected chi connectivity index (χ4v) is 3.08. The molecule has 0 amide bonds. The molecular weight excluding hydrogens is 338 g/mol. The van der Waals surface area contributed by atoms with Crippen LogP contribution in [0.4, 0.5) is 0 Å². The molecule has 0 unspecified atom stereocenters. The number of carboxylic acid groups (broad SMARTS) is 1. The summed E-state index contributed by atoms with van der Waals surface area (Å²) < 4.78 is 5.24. The number of aromatic carboxylic acids is 1. The van der Waals surface area contributed by atoms with Crippen LogP contribution < -0.4 is 4.74 Å². The minimum absolute atomic E-state index is 0.274. The minimum atomic E-state index is -0.927. The van der Waals surface area contributed by atoms with Crippen LogP contribution >= 0.6 is 0 Å². The molecule has 1 N–H and O–H groups in total. The number of hydrogen-bond acceptors (Lipinski definition) is 3. The van der Waals surface area contributed by atoms with Crippen molar-refractivity contribution >= 4 is 5.97 Å². The summed E-state index contributed by atoms with van der Waals surface area (Å²) in [4.78, 5) is 15.9. The SMILES string of the molecule is COc1ccc(-c2ncc(CC(C)C)cc2-c2ccc(C(=O)O)cc2)cc1. The third kappa shape index (κ3) is 4.34. The van der Waals surface area contributed by atoms with E-state index < -0.39 is 5.97 Å². The van der Waals surface area contributed by atoms with E-state index in [0.717, 1.165) is 34.6 Å². The van der Waals surface area contributed by atoms with Crippen molar-refractivity contribution in [1.29, 1.82) is 0 Å². The van der Waals surface area contributed by atoms with Gasteiger partial charge in [-0.05, 0) is 65.9 Å². The predicted octanol–water partition coefficient (Wildman–Crippen LogP) is 5.32. The summed E-state index contributed by atoms with van der Waals surface area (Å²) in [6, 6.07) is 16.9. The standard InChI is InChI=1S/C23H23NO3/c1-15(2)12-16-13-21(17-4-6-19(7-5-17)23(25)26)22(24-14-16)18-8-10-20(27-3)11-9-18/h4-11,13-15H,12H2,1-3H3,(H,25,26). The molecule has 0 aliphatic carbocycles. The number of hydrogen-bond donors (Lipinski definition) is 1. The lowest BCUT2D eigenvalue weighted by Gasteiger charge is -2.13. The molecule has 0 atom stereocenters. The molecule has 3 rings (SSSR count). The lowest BCUT2D eigenvalue weighted by Crippen LogP contribution is -1.99. The van der Waals surface area contributed by atoms with Crippen LogP contribution in [-0.2, 0) is 6.42 Å². The molecule has 0 saturated carbocycles. The van der Waals surface area contributed by atoms with Gasteiger partial charge < -0.3 is 9.84 Å². The van der Waals surface area contributed by atoms with E-state index in [4.69, 9.17) is 14.8 Å². The lowest BCUT2D eigenvalue weighted by atomic mass is 9.95. The number of nitrogens with zero attached hydrogens (tertiary/aromatic N) is 1. The minimum Gasteiger partial charge on any atom is -0.497 e. The van der Waals surface area contributed by atoms with Gasteiger partial charge >= 0.3 is 5.97 Å². The number of pyridine rings is 1. The molecule has 0 saturated heterocycles. The Morgan fingerprint density at radius 3 is 2.22 bits per heavy atom. The van der Waals surface area contributed by atoms with Gasteiger partial charge in [0, 0.05) is 17.3 Å². The highest BCUT2D eigenvalue weighted by molar-refractivity contribution is 5.89. The van der Waals surface area contributed by atoms with Gasteiger partial charge in [0.15, 0.2) is 0 Å². The molecule has 3 aromatic rings. The Balaban J connectivity index is 2.10. The third-order valence-electron chi connectivity index (χ3n) is 4.39. The van der Waals surface area contributed by atoms with Crippen molar-refractivity contribution in [2.24, 2.45) is 5.92 Å². The van der Waals surface area contributed by atoms with Gasteiger partial charge in [-0.25, -0.2) is 4.79 Å². The quantitative estimate of drug-likeness (QED) is 0.645. The molecule has 4 heteroatoms. The van der Waals surface area contributed by atoms with Crippen molar-refractivity contribution in [3.05, 3.63) is 71.9 Å². The van der Waals surface area contributed by atoms with Crippen LogP contribution in [0.3, 0.4) is 0 Å². The number of methoxy groups -OCH3 is 1. The Bertz CT molecular complexity index is 929.